The molecular weight excluding hydrogens is 198 g/mol. The zero-order chi connectivity index (χ0) is 12.4. The average Bonchev–Trinajstić information content (AvgIpc) is 2.15. The molecule has 2 N–H and O–H groups in total. The second-order valence-electron chi connectivity index (χ2n) is 5.74. The minimum absolute atomic E-state index is 0.0225. The van der Waals surface area contributed by atoms with Gasteiger partial charge in [-0.2, -0.15) is 0 Å². The van der Waals surface area contributed by atoms with Crippen LogP contribution >= 0.6 is 0 Å². The molecule has 0 saturated heterocycles. The van der Waals surface area contributed by atoms with Gasteiger partial charge in [-0.25, -0.2) is 0 Å². The number of β-amino-alcohol motifs (C(OH)–C–C–N with tert-alkyl or cyclic N) is 1. The van der Waals surface area contributed by atoms with Gasteiger partial charge >= 0.3 is 0 Å². The fourth-order valence-corrected chi connectivity index (χ4v) is 1.45. The molecule has 0 aliphatic heterocycles. The van der Waals surface area contributed by atoms with Gasteiger partial charge in [-0.05, 0) is 40.2 Å². The highest BCUT2D eigenvalue weighted by atomic mass is 16.3. The molecule has 1 aromatic carbocycles. The Bertz CT molecular complexity index is 333. The summed E-state index contributed by atoms with van der Waals surface area (Å²) >= 11 is 0. The van der Waals surface area contributed by atoms with Crippen LogP contribution in [-0.4, -0.2) is 17.2 Å². The molecule has 90 valence electrons. The summed E-state index contributed by atoms with van der Waals surface area (Å²) in [5, 5.41) is 13.7. The monoisotopic (exact) mass is 221 g/mol. The van der Waals surface area contributed by atoms with E-state index in [2.05, 4.69) is 26.1 Å². The maximum Gasteiger partial charge on any atom is 0.0992 e. The maximum absolute atomic E-state index is 10.4. The first-order valence-corrected chi connectivity index (χ1v) is 5.75. The molecule has 0 amide bonds. The van der Waals surface area contributed by atoms with Crippen molar-refractivity contribution in [3.8, 4) is 0 Å². The zero-order valence-electron chi connectivity index (χ0n) is 11.0. The summed E-state index contributed by atoms with van der Waals surface area (Å²) in [7, 11) is 0. The third-order valence-electron chi connectivity index (χ3n) is 2.64. The predicted molar refractivity (Wildman–Crippen MR) is 68.5 cm³/mol. The van der Waals surface area contributed by atoms with Crippen molar-refractivity contribution in [3.63, 3.8) is 0 Å². The Labute approximate surface area is 98.7 Å². The second kappa shape index (κ2) is 4.56. The van der Waals surface area contributed by atoms with Crippen LogP contribution in [0.15, 0.2) is 24.3 Å². The topological polar surface area (TPSA) is 32.3 Å². The minimum Gasteiger partial charge on any atom is -0.384 e. The fourth-order valence-electron chi connectivity index (χ4n) is 1.45. The van der Waals surface area contributed by atoms with Gasteiger partial charge in [0.15, 0.2) is 0 Å². The summed E-state index contributed by atoms with van der Waals surface area (Å²) in [6.07, 6.45) is 0. The van der Waals surface area contributed by atoms with Crippen LogP contribution in [0.3, 0.4) is 0 Å². The van der Waals surface area contributed by atoms with Crippen molar-refractivity contribution < 1.29 is 5.11 Å². The molecule has 0 aliphatic carbocycles. The predicted octanol–water partition coefficient (Wildman–Crippen LogP) is 2.59. The van der Waals surface area contributed by atoms with Crippen LogP contribution in [0.5, 0.6) is 0 Å². The maximum atomic E-state index is 10.4. The van der Waals surface area contributed by atoms with Crippen molar-refractivity contribution in [2.24, 2.45) is 0 Å². The van der Waals surface area contributed by atoms with E-state index >= 15 is 0 Å². The number of aryl methyl sites for hydroxylation is 1. The number of benzene rings is 1. The van der Waals surface area contributed by atoms with Gasteiger partial charge in [-0.15, -0.1) is 0 Å². The van der Waals surface area contributed by atoms with Gasteiger partial charge in [0.2, 0.25) is 0 Å². The normalized spacial score (nSPS) is 15.9. The number of aliphatic hydroxyl groups is 1. The van der Waals surface area contributed by atoms with E-state index in [0.29, 0.717) is 6.54 Å². The quantitative estimate of drug-likeness (QED) is 0.822. The number of nitrogens with one attached hydrogen (secondary N) is 1. The summed E-state index contributed by atoms with van der Waals surface area (Å²) in [6.45, 7) is 10.7. The Morgan fingerprint density at radius 1 is 1.06 bits per heavy atom. The molecule has 0 saturated carbocycles. The molecule has 1 aromatic rings. The van der Waals surface area contributed by atoms with Gasteiger partial charge in [0.1, 0.15) is 0 Å². The average molecular weight is 221 g/mol. The van der Waals surface area contributed by atoms with Crippen molar-refractivity contribution >= 4 is 0 Å². The van der Waals surface area contributed by atoms with Crippen LogP contribution in [0, 0.1) is 6.92 Å². The highest BCUT2D eigenvalue weighted by Gasteiger charge is 2.24. The molecule has 0 radical (unpaired) electrons. The molecule has 1 atom stereocenters. The van der Waals surface area contributed by atoms with Crippen molar-refractivity contribution in [2.75, 3.05) is 6.54 Å². The summed E-state index contributed by atoms with van der Waals surface area (Å²) in [5.41, 5.74) is 1.37. The van der Waals surface area contributed by atoms with E-state index in [4.69, 9.17) is 0 Å². The molecule has 2 nitrogen and oxygen atoms in total. The van der Waals surface area contributed by atoms with Gasteiger partial charge in [0.05, 0.1) is 5.60 Å². The van der Waals surface area contributed by atoms with Crippen LogP contribution < -0.4 is 5.32 Å². The van der Waals surface area contributed by atoms with Crippen molar-refractivity contribution in [2.45, 2.75) is 45.8 Å². The molecule has 0 bridgehead atoms. The first-order valence-electron chi connectivity index (χ1n) is 5.75. The van der Waals surface area contributed by atoms with E-state index in [9.17, 15) is 5.11 Å². The van der Waals surface area contributed by atoms with Crippen molar-refractivity contribution in [3.05, 3.63) is 35.4 Å². The van der Waals surface area contributed by atoms with Gasteiger partial charge in [0, 0.05) is 12.1 Å². The summed E-state index contributed by atoms with van der Waals surface area (Å²) in [5.74, 6) is 0. The Morgan fingerprint density at radius 3 is 2.00 bits per heavy atom. The highest BCUT2D eigenvalue weighted by Crippen LogP contribution is 2.20. The minimum atomic E-state index is -0.818. The number of hydrogen-bond donors (Lipinski definition) is 2. The van der Waals surface area contributed by atoms with E-state index in [-0.39, 0.29) is 5.54 Å². The Hall–Kier alpha value is -0.860. The van der Waals surface area contributed by atoms with Crippen molar-refractivity contribution in [1.29, 1.82) is 0 Å². The van der Waals surface area contributed by atoms with Crippen LogP contribution in [0.2, 0.25) is 0 Å². The molecule has 0 aliphatic rings. The molecule has 0 fully saturated rings. The van der Waals surface area contributed by atoms with Crippen LogP contribution in [-0.2, 0) is 5.60 Å². The molecule has 0 spiro atoms. The van der Waals surface area contributed by atoms with E-state index in [0.717, 1.165) is 5.56 Å². The molecule has 2 heteroatoms. The first-order chi connectivity index (χ1) is 7.21. The summed E-state index contributed by atoms with van der Waals surface area (Å²) in [6, 6.07) is 8.03. The Balaban J connectivity index is 2.73. The SMILES string of the molecule is Cc1ccc([C@@](C)(O)CNC(C)(C)C)cc1. The highest BCUT2D eigenvalue weighted by molar-refractivity contribution is 5.26. The molecular formula is C14H23NO. The van der Waals surface area contributed by atoms with E-state index in [1.807, 2.05) is 38.1 Å². The lowest BCUT2D eigenvalue weighted by Gasteiger charge is -2.29. The lowest BCUT2D eigenvalue weighted by Crippen LogP contribution is -2.44. The van der Waals surface area contributed by atoms with Gasteiger partial charge in [-0.3, -0.25) is 0 Å². The lowest BCUT2D eigenvalue weighted by molar-refractivity contribution is 0.0502. The Morgan fingerprint density at radius 2 is 1.56 bits per heavy atom. The largest absolute Gasteiger partial charge is 0.384 e. The van der Waals surface area contributed by atoms with E-state index < -0.39 is 5.60 Å². The fraction of sp³-hybridized carbons (Fsp3) is 0.571. The third kappa shape index (κ3) is 3.95. The smallest absolute Gasteiger partial charge is 0.0992 e. The number of hydrogen-bond acceptors (Lipinski definition) is 2. The van der Waals surface area contributed by atoms with Crippen LogP contribution in [0.4, 0.5) is 0 Å². The first kappa shape index (κ1) is 13.2. The van der Waals surface area contributed by atoms with Gasteiger partial charge < -0.3 is 10.4 Å². The molecule has 0 aromatic heterocycles. The van der Waals surface area contributed by atoms with Gasteiger partial charge in [0.25, 0.3) is 0 Å². The molecule has 1 rings (SSSR count). The van der Waals surface area contributed by atoms with E-state index in [1.54, 1.807) is 0 Å². The van der Waals surface area contributed by atoms with Gasteiger partial charge in [-0.1, -0.05) is 29.8 Å². The molecule has 0 heterocycles. The standard InChI is InChI=1S/C14H23NO/c1-11-6-8-12(9-7-11)14(5,16)10-15-13(2,3)4/h6-9,15-16H,10H2,1-5H3/t14-/m0/s1. The zero-order valence-corrected chi connectivity index (χ0v) is 11.0. The lowest BCUT2D eigenvalue weighted by atomic mass is 9.94. The Kier molecular flexibility index (Phi) is 3.76. The summed E-state index contributed by atoms with van der Waals surface area (Å²) in [4.78, 5) is 0. The molecule has 16 heavy (non-hydrogen) atoms. The van der Waals surface area contributed by atoms with E-state index in [1.165, 1.54) is 5.56 Å². The van der Waals surface area contributed by atoms with Crippen molar-refractivity contribution in [1.82, 2.24) is 5.32 Å². The number of rotatable bonds is 3. The third-order valence-corrected chi connectivity index (χ3v) is 2.64. The van der Waals surface area contributed by atoms with Crippen LogP contribution in [0.25, 0.3) is 0 Å². The molecule has 0 unspecified atom stereocenters. The second-order valence-corrected chi connectivity index (χ2v) is 5.74. The summed E-state index contributed by atoms with van der Waals surface area (Å²) < 4.78 is 0. The van der Waals surface area contributed by atoms with Crippen LogP contribution in [0.1, 0.15) is 38.8 Å².